The second-order valence-corrected chi connectivity index (χ2v) is 7.93. The van der Waals surface area contributed by atoms with Gasteiger partial charge in [-0.2, -0.15) is 0 Å². The lowest BCUT2D eigenvalue weighted by atomic mass is 10.1. The van der Waals surface area contributed by atoms with Gasteiger partial charge >= 0.3 is 5.97 Å². The number of carbonyl (C=O) groups excluding carboxylic acids is 5. The maximum Gasteiger partial charge on any atom is 0.308 e. The number of rotatable bonds is 11. The number of benzene rings is 2. The topological polar surface area (TPSA) is 165 Å². The van der Waals surface area contributed by atoms with Gasteiger partial charge in [0.05, 0.1) is 16.1 Å². The molecule has 0 bridgehead atoms. The number of hydrogen-bond acceptors (Lipinski definition) is 8. The highest BCUT2D eigenvalue weighted by atomic mass is 16.6. The average molecular weight is 496 g/mol. The smallest absolute Gasteiger partial charge is 0.308 e. The predicted octanol–water partition coefficient (Wildman–Crippen LogP) is 1.83. The molecule has 4 amide bonds. The van der Waals surface area contributed by atoms with Crippen molar-refractivity contribution in [1.29, 1.82) is 0 Å². The molecule has 1 aliphatic heterocycles. The molecule has 0 aromatic heterocycles. The Morgan fingerprint density at radius 1 is 0.972 bits per heavy atom. The van der Waals surface area contributed by atoms with Crippen molar-refractivity contribution in [2.45, 2.75) is 26.2 Å². The quantitative estimate of drug-likeness (QED) is 0.119. The van der Waals surface area contributed by atoms with Gasteiger partial charge in [-0.05, 0) is 37.1 Å². The first-order valence-electron chi connectivity index (χ1n) is 11.2. The van der Waals surface area contributed by atoms with Gasteiger partial charge in [-0.25, -0.2) is 0 Å². The van der Waals surface area contributed by atoms with Crippen LogP contribution in [0.5, 0.6) is 5.75 Å². The van der Waals surface area contributed by atoms with E-state index in [9.17, 15) is 34.1 Å². The summed E-state index contributed by atoms with van der Waals surface area (Å²) in [6, 6.07) is 9.71. The Bertz CT molecular complexity index is 1230. The van der Waals surface area contributed by atoms with E-state index in [1.165, 1.54) is 25.1 Å². The van der Waals surface area contributed by atoms with Crippen molar-refractivity contribution in [2.24, 2.45) is 0 Å². The zero-order chi connectivity index (χ0) is 26.2. The largest absolute Gasteiger partial charge is 0.427 e. The third kappa shape index (κ3) is 6.50. The van der Waals surface area contributed by atoms with Gasteiger partial charge in [-0.3, -0.25) is 39.0 Å². The number of imide groups is 1. The van der Waals surface area contributed by atoms with E-state index in [0.29, 0.717) is 25.1 Å². The van der Waals surface area contributed by atoms with Crippen LogP contribution in [0.25, 0.3) is 0 Å². The number of hydrogen-bond donors (Lipinski definition) is 2. The number of carbonyl (C=O) groups is 5. The van der Waals surface area contributed by atoms with Crippen LogP contribution in [0.3, 0.4) is 0 Å². The van der Waals surface area contributed by atoms with Gasteiger partial charge in [0.2, 0.25) is 5.91 Å². The molecule has 0 unspecified atom stereocenters. The minimum atomic E-state index is -0.639. The van der Waals surface area contributed by atoms with Gasteiger partial charge in [0.25, 0.3) is 23.4 Å². The summed E-state index contributed by atoms with van der Waals surface area (Å²) in [7, 11) is 0. The van der Waals surface area contributed by atoms with E-state index in [0.717, 1.165) is 11.0 Å². The van der Waals surface area contributed by atoms with Crippen molar-refractivity contribution in [3.63, 3.8) is 0 Å². The van der Waals surface area contributed by atoms with Gasteiger partial charge < -0.3 is 15.4 Å². The lowest BCUT2D eigenvalue weighted by molar-refractivity contribution is -0.384. The molecule has 0 saturated carbocycles. The van der Waals surface area contributed by atoms with Crippen molar-refractivity contribution in [3.8, 4) is 5.75 Å². The predicted molar refractivity (Wildman–Crippen MR) is 125 cm³/mol. The molecule has 2 aromatic carbocycles. The van der Waals surface area contributed by atoms with Crippen LogP contribution in [-0.4, -0.2) is 59.1 Å². The number of nitrogens with one attached hydrogen (secondary N) is 2. The van der Waals surface area contributed by atoms with Gasteiger partial charge in [0.1, 0.15) is 5.75 Å². The number of non-ortho nitro benzene ring substituents is 1. The Kier molecular flexibility index (Phi) is 8.44. The van der Waals surface area contributed by atoms with Gasteiger partial charge in [0.15, 0.2) is 0 Å². The first-order valence-corrected chi connectivity index (χ1v) is 11.2. The Morgan fingerprint density at radius 3 is 2.42 bits per heavy atom. The normalized spacial score (nSPS) is 12.2. The Balaban J connectivity index is 1.34. The third-order valence-corrected chi connectivity index (χ3v) is 5.27. The summed E-state index contributed by atoms with van der Waals surface area (Å²) in [6.45, 7) is 1.89. The molecule has 12 heteroatoms. The summed E-state index contributed by atoms with van der Waals surface area (Å²) in [5.74, 6) is -2.00. The first-order chi connectivity index (χ1) is 17.2. The van der Waals surface area contributed by atoms with Crippen LogP contribution in [0.4, 0.5) is 5.69 Å². The second kappa shape index (κ2) is 11.7. The van der Waals surface area contributed by atoms with Crippen molar-refractivity contribution in [1.82, 2.24) is 15.5 Å². The second-order valence-electron chi connectivity index (χ2n) is 7.93. The molecule has 0 spiro atoms. The fourth-order valence-corrected chi connectivity index (χ4v) is 3.57. The van der Waals surface area contributed by atoms with Crippen molar-refractivity contribution in [2.75, 3.05) is 19.6 Å². The summed E-state index contributed by atoms with van der Waals surface area (Å²) >= 11 is 0. The van der Waals surface area contributed by atoms with E-state index in [1.807, 2.05) is 0 Å². The molecular weight excluding hydrogens is 472 g/mol. The lowest BCUT2D eigenvalue weighted by Gasteiger charge is -2.13. The zero-order valence-corrected chi connectivity index (χ0v) is 19.4. The van der Waals surface area contributed by atoms with E-state index in [1.54, 1.807) is 18.2 Å². The maximum absolute atomic E-state index is 12.5. The molecule has 2 aromatic rings. The average Bonchev–Trinajstić information content (AvgIpc) is 3.07. The number of nitro benzene ring substituents is 1. The Hall–Kier alpha value is -4.61. The molecule has 0 radical (unpaired) electrons. The van der Waals surface area contributed by atoms with E-state index in [-0.39, 0.29) is 53.8 Å². The molecule has 188 valence electrons. The lowest BCUT2D eigenvalue weighted by Crippen LogP contribution is -2.32. The SMILES string of the molecule is CC(=O)Oc1cccc(C(=O)NCCCNC(=O)CCCN2C(=O)c3ccc([N+](=O)[O-])cc3C2=O)c1. The summed E-state index contributed by atoms with van der Waals surface area (Å²) in [5, 5.41) is 16.3. The molecule has 0 aliphatic carbocycles. The van der Waals surface area contributed by atoms with E-state index in [2.05, 4.69) is 10.6 Å². The Labute approximate surface area is 205 Å². The molecule has 0 atom stereocenters. The van der Waals surface area contributed by atoms with Crippen molar-refractivity contribution < 1.29 is 33.6 Å². The molecule has 3 rings (SSSR count). The number of nitrogens with zero attached hydrogens (tertiary/aromatic N) is 2. The highest BCUT2D eigenvalue weighted by molar-refractivity contribution is 6.21. The van der Waals surface area contributed by atoms with Crippen LogP contribution < -0.4 is 15.4 Å². The molecule has 1 heterocycles. The monoisotopic (exact) mass is 496 g/mol. The molecule has 12 nitrogen and oxygen atoms in total. The van der Waals surface area contributed by atoms with Gasteiger partial charge in [0, 0.05) is 50.7 Å². The number of esters is 1. The number of amides is 4. The zero-order valence-electron chi connectivity index (χ0n) is 19.4. The standard InChI is InChI=1S/C24H24N4O8/c1-15(29)36-18-6-2-5-16(13-18)22(31)26-11-4-10-25-21(30)7-3-12-27-23(32)19-9-8-17(28(34)35)14-20(19)24(27)33/h2,5-6,8-9,13-14H,3-4,7,10-12H2,1H3,(H,25,30)(H,26,31). The van der Waals surface area contributed by atoms with Crippen LogP contribution >= 0.6 is 0 Å². The highest BCUT2D eigenvalue weighted by Crippen LogP contribution is 2.27. The van der Waals surface area contributed by atoms with E-state index >= 15 is 0 Å². The Morgan fingerprint density at radius 2 is 1.69 bits per heavy atom. The molecule has 0 saturated heterocycles. The number of ether oxygens (including phenoxy) is 1. The van der Waals surface area contributed by atoms with Crippen molar-refractivity contribution >= 4 is 35.3 Å². The first kappa shape index (κ1) is 26.0. The van der Waals surface area contributed by atoms with Crippen molar-refractivity contribution in [3.05, 3.63) is 69.3 Å². The fraction of sp³-hybridized carbons (Fsp3) is 0.292. The highest BCUT2D eigenvalue weighted by Gasteiger charge is 2.36. The minimum absolute atomic E-state index is 0.00995. The van der Waals surface area contributed by atoms with Crippen LogP contribution in [-0.2, 0) is 9.59 Å². The number of fused-ring (bicyclic) bond motifs is 1. The van der Waals surface area contributed by atoms with Crippen LogP contribution in [0.15, 0.2) is 42.5 Å². The maximum atomic E-state index is 12.5. The van der Waals surface area contributed by atoms with E-state index in [4.69, 9.17) is 4.74 Å². The summed E-state index contributed by atoms with van der Waals surface area (Å²) in [4.78, 5) is 71.4. The summed E-state index contributed by atoms with van der Waals surface area (Å²) < 4.78 is 4.95. The summed E-state index contributed by atoms with van der Waals surface area (Å²) in [5.41, 5.74) is 0.150. The molecule has 2 N–H and O–H groups in total. The molecule has 1 aliphatic rings. The fourth-order valence-electron chi connectivity index (χ4n) is 3.57. The molecule has 36 heavy (non-hydrogen) atoms. The third-order valence-electron chi connectivity index (χ3n) is 5.27. The molecule has 0 fully saturated rings. The molecular formula is C24H24N4O8. The van der Waals surface area contributed by atoms with Crippen LogP contribution in [0, 0.1) is 10.1 Å². The van der Waals surface area contributed by atoms with E-state index < -0.39 is 22.7 Å². The van der Waals surface area contributed by atoms with Gasteiger partial charge in [-0.15, -0.1) is 0 Å². The minimum Gasteiger partial charge on any atom is -0.427 e. The van der Waals surface area contributed by atoms with Crippen LogP contribution in [0.1, 0.15) is 57.3 Å². The van der Waals surface area contributed by atoms with Gasteiger partial charge in [-0.1, -0.05) is 6.07 Å². The number of nitro groups is 1. The van der Waals surface area contributed by atoms with Crippen LogP contribution in [0.2, 0.25) is 0 Å². The summed E-state index contributed by atoms with van der Waals surface area (Å²) in [6.07, 6.45) is 0.774.